The predicted molar refractivity (Wildman–Crippen MR) is 139 cm³/mol. The van der Waals surface area contributed by atoms with Crippen LogP contribution < -0.4 is 15.5 Å². The van der Waals surface area contributed by atoms with Crippen LogP contribution in [0.4, 0.5) is 21.9 Å². The minimum absolute atomic E-state index is 0.202. The number of urea groups is 1. The highest BCUT2D eigenvalue weighted by Gasteiger charge is 2.32. The summed E-state index contributed by atoms with van der Waals surface area (Å²) in [6, 6.07) is 15.9. The van der Waals surface area contributed by atoms with Crippen LogP contribution in [0.15, 0.2) is 67.5 Å². The zero-order valence-electron chi connectivity index (χ0n) is 18.9. The lowest BCUT2D eigenvalue weighted by Crippen LogP contribution is -2.34. The summed E-state index contributed by atoms with van der Waals surface area (Å²) in [4.78, 5) is 26.1. The minimum atomic E-state index is -0.202. The lowest BCUT2D eigenvalue weighted by molar-refractivity contribution is 0.259. The van der Waals surface area contributed by atoms with Gasteiger partial charge in [-0.15, -0.1) is 11.3 Å². The molecule has 2 amide bonds. The Bertz CT molecular complexity index is 1410. The van der Waals surface area contributed by atoms with Crippen molar-refractivity contribution in [2.45, 2.75) is 32.2 Å². The molecule has 2 aliphatic rings. The molecule has 34 heavy (non-hydrogen) atoms. The smallest absolute Gasteiger partial charge is 0.331 e. The molecule has 0 unspecified atom stereocenters. The van der Waals surface area contributed by atoms with E-state index in [1.54, 1.807) is 28.6 Å². The van der Waals surface area contributed by atoms with E-state index in [-0.39, 0.29) is 6.03 Å². The van der Waals surface area contributed by atoms with Gasteiger partial charge < -0.3 is 10.6 Å². The molecular weight excluding hydrogens is 442 g/mol. The first-order valence-electron chi connectivity index (χ1n) is 11.6. The summed E-state index contributed by atoms with van der Waals surface area (Å²) in [6.07, 6.45) is 7.13. The van der Waals surface area contributed by atoms with Gasteiger partial charge in [0.2, 0.25) is 0 Å². The number of nitrogens with one attached hydrogen (secondary N) is 2. The molecule has 0 radical (unpaired) electrons. The average molecular weight is 468 g/mol. The number of amides is 2. The van der Waals surface area contributed by atoms with E-state index in [1.807, 2.05) is 48.5 Å². The second-order valence-electron chi connectivity index (χ2n) is 8.98. The number of pyridine rings is 2. The van der Waals surface area contributed by atoms with E-state index >= 15 is 0 Å². The maximum atomic E-state index is 13.4. The van der Waals surface area contributed by atoms with Crippen LogP contribution in [0, 0.1) is 5.92 Å². The molecule has 170 valence electrons. The summed E-state index contributed by atoms with van der Waals surface area (Å²) >= 11 is 1.57. The Morgan fingerprint density at radius 2 is 1.97 bits per heavy atom. The number of anilines is 3. The molecule has 0 spiro atoms. The Morgan fingerprint density at radius 3 is 2.76 bits per heavy atom. The van der Waals surface area contributed by atoms with Crippen molar-refractivity contribution in [3.63, 3.8) is 0 Å². The van der Waals surface area contributed by atoms with Crippen molar-refractivity contribution in [1.82, 2.24) is 15.3 Å². The summed E-state index contributed by atoms with van der Waals surface area (Å²) in [5.41, 5.74) is 5.05. The highest BCUT2D eigenvalue weighted by molar-refractivity contribution is 7.20. The van der Waals surface area contributed by atoms with Crippen LogP contribution in [-0.4, -0.2) is 22.0 Å². The largest absolute Gasteiger partial charge is 0.381 e. The molecule has 3 aromatic heterocycles. The van der Waals surface area contributed by atoms with Crippen LogP contribution in [0.1, 0.15) is 31.1 Å². The Labute approximate surface area is 202 Å². The Kier molecular flexibility index (Phi) is 5.07. The van der Waals surface area contributed by atoms with Gasteiger partial charge in [0, 0.05) is 29.7 Å². The van der Waals surface area contributed by atoms with Crippen LogP contribution in [-0.2, 0) is 0 Å². The maximum absolute atomic E-state index is 13.4. The number of rotatable bonds is 5. The zero-order valence-corrected chi connectivity index (χ0v) is 19.7. The number of carbonyl (C=O) groups excluding carboxylic acids is 1. The van der Waals surface area contributed by atoms with Crippen molar-refractivity contribution in [1.29, 1.82) is 0 Å². The van der Waals surface area contributed by atoms with Crippen molar-refractivity contribution < 1.29 is 4.79 Å². The molecule has 1 aromatic carbocycles. The maximum Gasteiger partial charge on any atom is 0.331 e. The molecule has 1 saturated carbocycles. The van der Waals surface area contributed by atoms with Gasteiger partial charge in [0.05, 0.1) is 33.0 Å². The number of thiophene rings is 1. The van der Waals surface area contributed by atoms with E-state index in [2.05, 4.69) is 34.1 Å². The second-order valence-corrected chi connectivity index (χ2v) is 9.98. The minimum Gasteiger partial charge on any atom is -0.381 e. The SMILES string of the molecule is C=C(N[C@@H]1CCC[C@@H]1C)c1sc2nccc3c2c1NC(=O)N3c1ccnc(-c2ccccc2)c1. The molecule has 4 aromatic rings. The van der Waals surface area contributed by atoms with Gasteiger partial charge in [0.25, 0.3) is 0 Å². The van der Waals surface area contributed by atoms with E-state index in [0.29, 0.717) is 12.0 Å². The number of carbonyl (C=O) groups is 1. The predicted octanol–water partition coefficient (Wildman–Crippen LogP) is 6.79. The average Bonchev–Trinajstić information content (AvgIpc) is 3.44. The normalized spacial score (nSPS) is 19.3. The van der Waals surface area contributed by atoms with Gasteiger partial charge in [0.1, 0.15) is 4.83 Å². The Balaban J connectivity index is 1.41. The van der Waals surface area contributed by atoms with Crippen molar-refractivity contribution >= 4 is 50.3 Å². The third kappa shape index (κ3) is 3.44. The fourth-order valence-corrected chi connectivity index (χ4v) is 6.08. The molecule has 1 aliphatic carbocycles. The van der Waals surface area contributed by atoms with Gasteiger partial charge in [-0.05, 0) is 37.0 Å². The van der Waals surface area contributed by atoms with Crippen LogP contribution in [0.2, 0.25) is 0 Å². The Hall–Kier alpha value is -3.71. The number of hydrogen-bond acceptors (Lipinski definition) is 5. The molecular formula is C27H25N5OS. The van der Waals surface area contributed by atoms with Gasteiger partial charge in [-0.1, -0.05) is 50.3 Å². The van der Waals surface area contributed by atoms with E-state index in [1.165, 1.54) is 12.8 Å². The van der Waals surface area contributed by atoms with Crippen molar-refractivity contribution in [2.75, 3.05) is 10.2 Å². The van der Waals surface area contributed by atoms with Gasteiger partial charge in [0.15, 0.2) is 0 Å². The Morgan fingerprint density at radius 1 is 1.15 bits per heavy atom. The molecule has 0 saturated heterocycles. The van der Waals surface area contributed by atoms with Crippen LogP contribution in [0.25, 0.3) is 27.2 Å². The third-order valence-electron chi connectivity index (χ3n) is 6.81. The van der Waals surface area contributed by atoms with Gasteiger partial charge >= 0.3 is 6.03 Å². The molecule has 1 aliphatic heterocycles. The van der Waals surface area contributed by atoms with Crippen molar-refractivity contribution in [3.05, 3.63) is 72.4 Å². The van der Waals surface area contributed by atoms with Crippen molar-refractivity contribution in [3.8, 4) is 11.3 Å². The first kappa shape index (κ1) is 20.9. The first-order chi connectivity index (χ1) is 16.6. The van der Waals surface area contributed by atoms with E-state index < -0.39 is 0 Å². The highest BCUT2D eigenvalue weighted by atomic mass is 32.1. The fraction of sp³-hybridized carbons (Fsp3) is 0.222. The summed E-state index contributed by atoms with van der Waals surface area (Å²) < 4.78 is 0. The number of benzene rings is 1. The summed E-state index contributed by atoms with van der Waals surface area (Å²) in [5, 5.41) is 7.70. The van der Waals surface area contributed by atoms with E-state index in [0.717, 1.165) is 55.5 Å². The lowest BCUT2D eigenvalue weighted by Gasteiger charge is -2.29. The van der Waals surface area contributed by atoms with Crippen LogP contribution in [0.3, 0.4) is 0 Å². The standard InChI is InChI=1S/C27H25N5OS/c1-16-7-6-10-20(16)30-17(2)25-24-23-22(12-14-29-26(23)34-25)32(27(33)31-24)19-11-13-28-21(15-19)18-8-4-3-5-9-18/h3-5,8-9,11-16,20,30H,2,6-7,10H2,1H3,(H,31,33)/t16-,20+/m0/s1. The third-order valence-corrected chi connectivity index (χ3v) is 7.97. The molecule has 2 atom stereocenters. The van der Waals surface area contributed by atoms with Crippen molar-refractivity contribution in [2.24, 2.45) is 5.92 Å². The van der Waals surface area contributed by atoms with E-state index in [9.17, 15) is 4.79 Å². The number of hydrogen-bond donors (Lipinski definition) is 2. The van der Waals surface area contributed by atoms with E-state index in [4.69, 9.17) is 0 Å². The summed E-state index contributed by atoms with van der Waals surface area (Å²) in [6.45, 7) is 6.61. The fourth-order valence-electron chi connectivity index (χ4n) is 5.03. The number of aromatic nitrogens is 2. The summed E-state index contributed by atoms with van der Waals surface area (Å²) in [5.74, 6) is 0.617. The quantitative estimate of drug-likeness (QED) is 0.339. The number of nitrogens with zero attached hydrogens (tertiary/aromatic N) is 3. The monoisotopic (exact) mass is 467 g/mol. The second kappa shape index (κ2) is 8.25. The van der Waals surface area contributed by atoms with Crippen LogP contribution in [0.5, 0.6) is 0 Å². The van der Waals surface area contributed by atoms with Gasteiger partial charge in [-0.25, -0.2) is 9.78 Å². The first-order valence-corrected chi connectivity index (χ1v) is 12.4. The summed E-state index contributed by atoms with van der Waals surface area (Å²) in [7, 11) is 0. The highest BCUT2D eigenvalue weighted by Crippen LogP contribution is 2.47. The molecule has 0 bridgehead atoms. The van der Waals surface area contributed by atoms with Gasteiger partial charge in [-0.3, -0.25) is 9.88 Å². The molecule has 6 nitrogen and oxygen atoms in total. The molecule has 4 heterocycles. The van der Waals surface area contributed by atoms with Gasteiger partial charge in [-0.2, -0.15) is 0 Å². The zero-order chi connectivity index (χ0) is 23.2. The molecule has 1 fully saturated rings. The molecule has 6 rings (SSSR count). The van der Waals surface area contributed by atoms with Crippen LogP contribution >= 0.6 is 11.3 Å². The molecule has 2 N–H and O–H groups in total. The lowest BCUT2D eigenvalue weighted by atomic mass is 10.1. The topological polar surface area (TPSA) is 70.2 Å². The molecule has 7 heteroatoms.